The third-order valence-corrected chi connectivity index (χ3v) is 2.64. The monoisotopic (exact) mass is 236 g/mol. The number of hydrogen-bond acceptors (Lipinski definition) is 3. The fourth-order valence-electron chi connectivity index (χ4n) is 1.71. The van der Waals surface area contributed by atoms with E-state index in [1.165, 1.54) is 0 Å². The van der Waals surface area contributed by atoms with E-state index in [0.717, 1.165) is 17.6 Å². The van der Waals surface area contributed by atoms with E-state index in [2.05, 4.69) is 6.58 Å². The zero-order valence-corrected chi connectivity index (χ0v) is 10.7. The van der Waals surface area contributed by atoms with Crippen molar-refractivity contribution < 1.29 is 14.6 Å². The van der Waals surface area contributed by atoms with E-state index in [9.17, 15) is 5.11 Å². The molecule has 0 bridgehead atoms. The van der Waals surface area contributed by atoms with Gasteiger partial charge < -0.3 is 14.6 Å². The number of para-hydroxylation sites is 1. The molecule has 3 heteroatoms. The lowest BCUT2D eigenvalue weighted by Crippen LogP contribution is -2.02. The van der Waals surface area contributed by atoms with Crippen LogP contribution in [-0.4, -0.2) is 19.3 Å². The van der Waals surface area contributed by atoms with Crippen LogP contribution in [0.15, 0.2) is 30.4 Å². The maximum Gasteiger partial charge on any atom is 0.166 e. The molecule has 0 saturated carbocycles. The van der Waals surface area contributed by atoms with Gasteiger partial charge in [0.05, 0.1) is 20.3 Å². The lowest BCUT2D eigenvalue weighted by molar-refractivity contribution is 0.162. The summed E-state index contributed by atoms with van der Waals surface area (Å²) in [5, 5.41) is 10.1. The average molecular weight is 236 g/mol. The molecule has 3 nitrogen and oxygen atoms in total. The van der Waals surface area contributed by atoms with Gasteiger partial charge in [-0.3, -0.25) is 0 Å². The minimum atomic E-state index is -0.559. The number of aliphatic hydroxyl groups excluding tert-OH is 1. The molecule has 0 fully saturated rings. The smallest absolute Gasteiger partial charge is 0.166 e. The van der Waals surface area contributed by atoms with Gasteiger partial charge in [-0.05, 0) is 25.8 Å². The molecule has 94 valence electrons. The van der Waals surface area contributed by atoms with Crippen molar-refractivity contribution in [3.8, 4) is 11.5 Å². The summed E-state index contributed by atoms with van der Waals surface area (Å²) in [4.78, 5) is 0. The molecule has 1 aromatic carbocycles. The number of benzene rings is 1. The summed E-state index contributed by atoms with van der Waals surface area (Å²) in [6.07, 6.45) is 0.872. The van der Waals surface area contributed by atoms with Crippen molar-refractivity contribution in [1.82, 2.24) is 0 Å². The van der Waals surface area contributed by atoms with Crippen LogP contribution in [0.3, 0.4) is 0 Å². The Hall–Kier alpha value is -1.48. The van der Waals surface area contributed by atoms with Gasteiger partial charge in [0.25, 0.3) is 0 Å². The molecule has 0 amide bonds. The zero-order chi connectivity index (χ0) is 12.8. The Morgan fingerprint density at radius 2 is 2.06 bits per heavy atom. The van der Waals surface area contributed by atoms with Gasteiger partial charge in [0, 0.05) is 5.56 Å². The van der Waals surface area contributed by atoms with Crippen LogP contribution in [0.1, 0.15) is 31.4 Å². The second kappa shape index (κ2) is 6.30. The molecule has 0 heterocycles. The van der Waals surface area contributed by atoms with Crippen LogP contribution >= 0.6 is 0 Å². The Morgan fingerprint density at radius 1 is 1.35 bits per heavy atom. The molecule has 0 saturated heterocycles. The lowest BCUT2D eigenvalue weighted by atomic mass is 10.0. The summed E-state index contributed by atoms with van der Waals surface area (Å²) in [5.41, 5.74) is 1.82. The maximum absolute atomic E-state index is 10.1. The van der Waals surface area contributed by atoms with Gasteiger partial charge in [-0.2, -0.15) is 0 Å². The minimum Gasteiger partial charge on any atom is -0.493 e. The molecular weight excluding hydrogens is 216 g/mol. The van der Waals surface area contributed by atoms with Crippen LogP contribution in [0.5, 0.6) is 11.5 Å². The highest BCUT2D eigenvalue weighted by Gasteiger charge is 2.16. The summed E-state index contributed by atoms with van der Waals surface area (Å²) in [6, 6.07) is 5.51. The van der Waals surface area contributed by atoms with E-state index in [1.807, 2.05) is 25.1 Å². The second-order valence-electron chi connectivity index (χ2n) is 4.09. The fraction of sp³-hybridized carbons (Fsp3) is 0.429. The van der Waals surface area contributed by atoms with Crippen LogP contribution in [0.2, 0.25) is 0 Å². The van der Waals surface area contributed by atoms with Gasteiger partial charge in [0.2, 0.25) is 0 Å². The molecule has 0 aliphatic carbocycles. The van der Waals surface area contributed by atoms with E-state index in [1.54, 1.807) is 14.2 Å². The van der Waals surface area contributed by atoms with Crippen LogP contribution < -0.4 is 9.47 Å². The average Bonchev–Trinajstić information content (AvgIpc) is 2.34. The van der Waals surface area contributed by atoms with E-state index >= 15 is 0 Å². The highest BCUT2D eigenvalue weighted by Crippen LogP contribution is 2.36. The molecule has 0 aliphatic rings. The Morgan fingerprint density at radius 3 is 2.59 bits per heavy atom. The van der Waals surface area contributed by atoms with Crippen molar-refractivity contribution in [2.45, 2.75) is 25.9 Å². The highest BCUT2D eigenvalue weighted by molar-refractivity contribution is 5.47. The number of rotatable bonds is 6. The summed E-state index contributed by atoms with van der Waals surface area (Å²) in [5.74, 6) is 1.24. The Kier molecular flexibility index (Phi) is 5.04. The first-order valence-electron chi connectivity index (χ1n) is 5.63. The summed E-state index contributed by atoms with van der Waals surface area (Å²) in [7, 11) is 3.16. The van der Waals surface area contributed by atoms with Crippen LogP contribution in [0.4, 0.5) is 0 Å². The van der Waals surface area contributed by atoms with Crippen molar-refractivity contribution in [3.05, 3.63) is 35.9 Å². The van der Waals surface area contributed by atoms with E-state index in [-0.39, 0.29) is 0 Å². The number of methoxy groups -OCH3 is 2. The maximum atomic E-state index is 10.1. The van der Waals surface area contributed by atoms with Gasteiger partial charge in [-0.15, -0.1) is 6.58 Å². The predicted molar refractivity (Wildman–Crippen MR) is 68.6 cm³/mol. The molecule has 0 spiro atoms. The molecular formula is C14H20O3. The van der Waals surface area contributed by atoms with Gasteiger partial charge in [0.1, 0.15) is 0 Å². The first-order valence-corrected chi connectivity index (χ1v) is 5.63. The Bertz CT molecular complexity index is 385. The molecule has 0 aromatic heterocycles. The molecule has 0 aliphatic heterocycles. The summed E-state index contributed by atoms with van der Waals surface area (Å²) < 4.78 is 10.5. The van der Waals surface area contributed by atoms with E-state index < -0.39 is 6.10 Å². The van der Waals surface area contributed by atoms with Crippen LogP contribution in [0, 0.1) is 0 Å². The van der Waals surface area contributed by atoms with Crippen LogP contribution in [0.25, 0.3) is 0 Å². The first-order chi connectivity index (χ1) is 8.10. The Balaban J connectivity index is 2.92. The third-order valence-electron chi connectivity index (χ3n) is 2.64. The van der Waals surface area contributed by atoms with Gasteiger partial charge >= 0.3 is 0 Å². The quantitative estimate of drug-likeness (QED) is 0.771. The highest BCUT2D eigenvalue weighted by atomic mass is 16.5. The zero-order valence-electron chi connectivity index (χ0n) is 10.7. The summed E-state index contributed by atoms with van der Waals surface area (Å²) in [6.45, 7) is 5.78. The topological polar surface area (TPSA) is 38.7 Å². The molecule has 0 radical (unpaired) electrons. The standard InChI is InChI=1S/C14H20O3/c1-10(2)8-9-12(15)11-6-5-7-13(16-3)14(11)17-4/h5-7,12,15H,1,8-9H2,2-4H3. The van der Waals surface area contributed by atoms with Gasteiger partial charge in [0.15, 0.2) is 11.5 Å². The van der Waals surface area contributed by atoms with Crippen molar-refractivity contribution >= 4 is 0 Å². The lowest BCUT2D eigenvalue weighted by Gasteiger charge is -2.17. The van der Waals surface area contributed by atoms with Crippen molar-refractivity contribution in [3.63, 3.8) is 0 Å². The van der Waals surface area contributed by atoms with E-state index in [4.69, 9.17) is 9.47 Å². The number of allylic oxidation sites excluding steroid dienone is 1. The number of aliphatic hydroxyl groups is 1. The third kappa shape index (κ3) is 3.49. The van der Waals surface area contributed by atoms with Gasteiger partial charge in [-0.25, -0.2) is 0 Å². The summed E-state index contributed by atoms with van der Waals surface area (Å²) >= 11 is 0. The minimum absolute atomic E-state index is 0.559. The first kappa shape index (κ1) is 13.6. The van der Waals surface area contributed by atoms with Crippen molar-refractivity contribution in [1.29, 1.82) is 0 Å². The van der Waals surface area contributed by atoms with Crippen molar-refractivity contribution in [2.24, 2.45) is 0 Å². The molecule has 1 atom stereocenters. The normalized spacial score (nSPS) is 12.0. The van der Waals surface area contributed by atoms with Crippen LogP contribution in [-0.2, 0) is 0 Å². The van der Waals surface area contributed by atoms with Gasteiger partial charge in [-0.1, -0.05) is 17.7 Å². The molecule has 1 N–H and O–H groups in total. The number of hydrogen-bond donors (Lipinski definition) is 1. The number of ether oxygens (including phenoxy) is 2. The molecule has 17 heavy (non-hydrogen) atoms. The molecule has 1 rings (SSSR count). The molecule has 1 aromatic rings. The largest absolute Gasteiger partial charge is 0.493 e. The SMILES string of the molecule is C=C(C)CCC(O)c1cccc(OC)c1OC. The fourth-order valence-corrected chi connectivity index (χ4v) is 1.71. The second-order valence-corrected chi connectivity index (χ2v) is 4.09. The Labute approximate surface area is 103 Å². The van der Waals surface area contributed by atoms with Crippen molar-refractivity contribution in [2.75, 3.05) is 14.2 Å². The molecule has 1 unspecified atom stereocenters. The predicted octanol–water partition coefficient (Wildman–Crippen LogP) is 3.09. The van der Waals surface area contributed by atoms with E-state index in [0.29, 0.717) is 17.9 Å².